The Labute approximate surface area is 66.8 Å². The van der Waals surface area contributed by atoms with E-state index in [0.29, 0.717) is 11.8 Å². The Bertz CT molecular complexity index is 198. The molecule has 4 aliphatic rings. The SMILES string of the molecule is NC1(O)C2CC3CC(C2)C1C3. The summed E-state index contributed by atoms with van der Waals surface area (Å²) in [6, 6.07) is 0. The molecule has 5 unspecified atom stereocenters. The third-order valence-corrected chi connectivity index (χ3v) is 4.25. The molecule has 2 heteroatoms. The van der Waals surface area contributed by atoms with Crippen molar-refractivity contribution in [1.82, 2.24) is 0 Å². The van der Waals surface area contributed by atoms with Crippen LogP contribution in [0.1, 0.15) is 25.7 Å². The second-order valence-electron chi connectivity index (χ2n) is 4.76. The van der Waals surface area contributed by atoms with Gasteiger partial charge in [-0.1, -0.05) is 0 Å². The maximum Gasteiger partial charge on any atom is 0.119 e. The zero-order valence-electron chi connectivity index (χ0n) is 6.66. The minimum Gasteiger partial charge on any atom is -0.376 e. The summed E-state index contributed by atoms with van der Waals surface area (Å²) >= 11 is 0. The summed E-state index contributed by atoms with van der Waals surface area (Å²) in [5, 5.41) is 9.95. The van der Waals surface area contributed by atoms with Crippen LogP contribution in [0.2, 0.25) is 0 Å². The molecule has 4 bridgehead atoms. The largest absolute Gasteiger partial charge is 0.376 e. The molecule has 4 aliphatic carbocycles. The Morgan fingerprint density at radius 3 is 2.64 bits per heavy atom. The van der Waals surface area contributed by atoms with Gasteiger partial charge in [0.05, 0.1) is 0 Å². The number of aliphatic hydroxyl groups is 1. The maximum absolute atomic E-state index is 9.95. The third-order valence-electron chi connectivity index (χ3n) is 4.25. The van der Waals surface area contributed by atoms with Crippen molar-refractivity contribution in [3.8, 4) is 0 Å². The monoisotopic (exact) mass is 153 g/mol. The van der Waals surface area contributed by atoms with Crippen LogP contribution in [-0.2, 0) is 0 Å². The molecular weight excluding hydrogens is 138 g/mol. The first-order chi connectivity index (χ1) is 5.18. The van der Waals surface area contributed by atoms with Gasteiger partial charge in [-0.05, 0) is 37.5 Å². The minimum absolute atomic E-state index is 0.435. The Balaban J connectivity index is 2.03. The van der Waals surface area contributed by atoms with E-state index < -0.39 is 5.72 Å². The van der Waals surface area contributed by atoms with Crippen molar-refractivity contribution in [1.29, 1.82) is 0 Å². The molecule has 0 heterocycles. The normalized spacial score (nSPS) is 66.0. The number of rotatable bonds is 0. The fourth-order valence-corrected chi connectivity index (χ4v) is 3.80. The first kappa shape index (κ1) is 6.44. The first-order valence-corrected chi connectivity index (χ1v) is 4.69. The van der Waals surface area contributed by atoms with E-state index in [9.17, 15) is 5.11 Å². The van der Waals surface area contributed by atoms with Gasteiger partial charge in [-0.2, -0.15) is 0 Å². The Kier molecular flexibility index (Phi) is 0.961. The Morgan fingerprint density at radius 2 is 2.00 bits per heavy atom. The van der Waals surface area contributed by atoms with Crippen molar-refractivity contribution in [2.45, 2.75) is 31.4 Å². The van der Waals surface area contributed by atoms with Gasteiger partial charge in [0.1, 0.15) is 5.72 Å². The van der Waals surface area contributed by atoms with E-state index in [1.165, 1.54) is 25.7 Å². The molecule has 5 atom stereocenters. The van der Waals surface area contributed by atoms with Gasteiger partial charge in [-0.15, -0.1) is 0 Å². The van der Waals surface area contributed by atoms with Gasteiger partial charge < -0.3 is 10.8 Å². The van der Waals surface area contributed by atoms with Crippen LogP contribution >= 0.6 is 0 Å². The third kappa shape index (κ3) is 0.611. The highest BCUT2D eigenvalue weighted by molar-refractivity contribution is 5.08. The molecule has 4 saturated carbocycles. The molecule has 4 fully saturated rings. The van der Waals surface area contributed by atoms with Gasteiger partial charge in [0.15, 0.2) is 0 Å². The summed E-state index contributed by atoms with van der Waals surface area (Å²) in [6.45, 7) is 0. The molecule has 0 amide bonds. The lowest BCUT2D eigenvalue weighted by Crippen LogP contribution is -2.51. The summed E-state index contributed by atoms with van der Waals surface area (Å²) in [5.74, 6) is 2.57. The van der Waals surface area contributed by atoms with Crippen molar-refractivity contribution >= 4 is 0 Å². The maximum atomic E-state index is 9.95. The van der Waals surface area contributed by atoms with Gasteiger partial charge in [-0.3, -0.25) is 0 Å². The van der Waals surface area contributed by atoms with Crippen LogP contribution in [0.25, 0.3) is 0 Å². The van der Waals surface area contributed by atoms with Crippen molar-refractivity contribution in [2.24, 2.45) is 29.4 Å². The second kappa shape index (κ2) is 1.64. The van der Waals surface area contributed by atoms with E-state index in [1.54, 1.807) is 0 Å². The van der Waals surface area contributed by atoms with Gasteiger partial charge in [-0.25, -0.2) is 0 Å². The smallest absolute Gasteiger partial charge is 0.119 e. The number of hydrogen-bond acceptors (Lipinski definition) is 2. The second-order valence-corrected chi connectivity index (χ2v) is 4.76. The van der Waals surface area contributed by atoms with Crippen LogP contribution in [0, 0.1) is 23.7 Å². The molecule has 0 spiro atoms. The highest BCUT2D eigenvalue weighted by atomic mass is 16.3. The molecule has 62 valence electrons. The van der Waals surface area contributed by atoms with Crippen LogP contribution in [0.3, 0.4) is 0 Å². The van der Waals surface area contributed by atoms with E-state index in [1.807, 2.05) is 0 Å². The molecule has 0 aromatic carbocycles. The Hall–Kier alpha value is -0.0800. The van der Waals surface area contributed by atoms with Crippen LogP contribution in [-0.4, -0.2) is 10.8 Å². The van der Waals surface area contributed by atoms with Crippen molar-refractivity contribution in [3.05, 3.63) is 0 Å². The minimum atomic E-state index is -0.780. The average Bonchev–Trinajstić information content (AvgIpc) is 2.31. The van der Waals surface area contributed by atoms with E-state index in [0.717, 1.165) is 11.8 Å². The molecule has 2 nitrogen and oxygen atoms in total. The zero-order chi connectivity index (χ0) is 7.64. The quantitative estimate of drug-likeness (QED) is 0.503. The standard InChI is InChI=1S/C9H15NO/c10-9(11)7-2-5-1-6(4-7)8(9)3-5/h5-8,11H,1-4,10H2. The fraction of sp³-hybridized carbons (Fsp3) is 1.00. The number of hydrogen-bond donors (Lipinski definition) is 2. The lowest BCUT2D eigenvalue weighted by Gasteiger charge is -2.36. The van der Waals surface area contributed by atoms with Gasteiger partial charge >= 0.3 is 0 Å². The van der Waals surface area contributed by atoms with Crippen molar-refractivity contribution in [2.75, 3.05) is 0 Å². The predicted molar refractivity (Wildman–Crippen MR) is 41.6 cm³/mol. The van der Waals surface area contributed by atoms with E-state index in [2.05, 4.69) is 0 Å². The highest BCUT2D eigenvalue weighted by Gasteiger charge is 2.60. The van der Waals surface area contributed by atoms with Crippen molar-refractivity contribution in [3.63, 3.8) is 0 Å². The summed E-state index contributed by atoms with van der Waals surface area (Å²) < 4.78 is 0. The van der Waals surface area contributed by atoms with Crippen LogP contribution < -0.4 is 5.73 Å². The van der Waals surface area contributed by atoms with Gasteiger partial charge in [0, 0.05) is 11.8 Å². The molecule has 3 N–H and O–H groups in total. The molecular formula is C9H15NO. The zero-order valence-corrected chi connectivity index (χ0v) is 6.66. The lowest BCUT2D eigenvalue weighted by atomic mass is 9.77. The van der Waals surface area contributed by atoms with E-state index in [4.69, 9.17) is 5.73 Å². The summed E-state index contributed by atoms with van der Waals surface area (Å²) in [6.07, 6.45) is 4.95. The molecule has 0 radical (unpaired) electrons. The molecule has 0 aliphatic heterocycles. The summed E-state index contributed by atoms with van der Waals surface area (Å²) in [7, 11) is 0. The summed E-state index contributed by atoms with van der Waals surface area (Å²) in [5.41, 5.74) is 5.12. The lowest BCUT2D eigenvalue weighted by molar-refractivity contribution is -0.0579. The topological polar surface area (TPSA) is 46.2 Å². The molecule has 4 rings (SSSR count). The van der Waals surface area contributed by atoms with E-state index in [-0.39, 0.29) is 0 Å². The molecule has 11 heavy (non-hydrogen) atoms. The van der Waals surface area contributed by atoms with Crippen LogP contribution in [0.15, 0.2) is 0 Å². The summed E-state index contributed by atoms with van der Waals surface area (Å²) in [4.78, 5) is 0. The fourth-order valence-electron chi connectivity index (χ4n) is 3.80. The molecule has 0 saturated heterocycles. The average molecular weight is 153 g/mol. The Morgan fingerprint density at radius 1 is 1.18 bits per heavy atom. The van der Waals surface area contributed by atoms with Gasteiger partial charge in [0.2, 0.25) is 0 Å². The van der Waals surface area contributed by atoms with Crippen LogP contribution in [0.4, 0.5) is 0 Å². The number of nitrogens with two attached hydrogens (primary N) is 1. The molecule has 0 aromatic heterocycles. The molecule has 0 aromatic rings. The predicted octanol–water partition coefficient (Wildman–Crippen LogP) is 0.700. The van der Waals surface area contributed by atoms with Crippen LogP contribution in [0.5, 0.6) is 0 Å². The van der Waals surface area contributed by atoms with Gasteiger partial charge in [0.25, 0.3) is 0 Å². The highest BCUT2D eigenvalue weighted by Crippen LogP contribution is 2.60. The van der Waals surface area contributed by atoms with E-state index >= 15 is 0 Å². The van der Waals surface area contributed by atoms with Crippen molar-refractivity contribution < 1.29 is 5.11 Å². The first-order valence-electron chi connectivity index (χ1n) is 4.69.